The normalized spacial score (nSPS) is 15.3. The maximum atomic E-state index is 11.8. The zero-order valence-electron chi connectivity index (χ0n) is 14.1. The Kier molecular flexibility index (Phi) is 6.34. The molecule has 6 nitrogen and oxygen atoms in total. The molecule has 1 aromatic rings. The van der Waals surface area contributed by atoms with E-state index in [-0.39, 0.29) is 18.7 Å². The van der Waals surface area contributed by atoms with E-state index in [2.05, 4.69) is 25.0 Å². The van der Waals surface area contributed by atoms with Gasteiger partial charge in [0.25, 0.3) is 0 Å². The summed E-state index contributed by atoms with van der Waals surface area (Å²) < 4.78 is 5.08. The van der Waals surface area contributed by atoms with Gasteiger partial charge in [-0.3, -0.25) is 4.79 Å². The van der Waals surface area contributed by atoms with Gasteiger partial charge in [-0.2, -0.15) is 0 Å². The van der Waals surface area contributed by atoms with Crippen LogP contribution in [0.2, 0.25) is 25.2 Å². The Labute approximate surface area is 138 Å². The van der Waals surface area contributed by atoms with Gasteiger partial charge in [0.2, 0.25) is 0 Å². The molecule has 0 spiro atoms. The van der Waals surface area contributed by atoms with E-state index in [0.29, 0.717) is 0 Å². The molecule has 0 fully saturated rings. The average Bonchev–Trinajstić information content (AvgIpc) is 2.49. The van der Waals surface area contributed by atoms with E-state index in [1.54, 1.807) is 0 Å². The van der Waals surface area contributed by atoms with Crippen LogP contribution in [0.1, 0.15) is 12.5 Å². The number of hydrogen-bond acceptors (Lipinski definition) is 4. The summed E-state index contributed by atoms with van der Waals surface area (Å²) in [6.45, 7) is 7.95. The highest BCUT2D eigenvalue weighted by Crippen LogP contribution is 2.31. The Balaban J connectivity index is 2.61. The second-order valence-electron chi connectivity index (χ2n) is 6.85. The molecular weight excluding hydrogens is 312 g/mol. The Morgan fingerprint density at radius 2 is 1.87 bits per heavy atom. The van der Waals surface area contributed by atoms with Crippen LogP contribution in [0.15, 0.2) is 30.3 Å². The fraction of sp³-hybridized carbons (Fsp3) is 0.500. The third-order valence-electron chi connectivity index (χ3n) is 4.21. The molecule has 2 atom stereocenters. The molecule has 0 saturated carbocycles. The van der Waals surface area contributed by atoms with Crippen LogP contribution in [0.25, 0.3) is 0 Å². The zero-order valence-corrected chi connectivity index (χ0v) is 15.1. The SMILES string of the molecule is CC([C@@](N)(CNC(=O)OCc1ccccc1)C(=O)O)[Si](C)(C)C. The molecule has 1 aromatic carbocycles. The molecule has 1 unspecified atom stereocenters. The van der Waals surface area contributed by atoms with Crippen molar-refractivity contribution in [3.05, 3.63) is 35.9 Å². The van der Waals surface area contributed by atoms with Gasteiger partial charge in [-0.25, -0.2) is 4.79 Å². The van der Waals surface area contributed by atoms with Crippen molar-refractivity contribution in [2.24, 2.45) is 5.73 Å². The van der Waals surface area contributed by atoms with E-state index < -0.39 is 25.7 Å². The molecule has 0 bridgehead atoms. The van der Waals surface area contributed by atoms with E-state index in [0.717, 1.165) is 5.56 Å². The van der Waals surface area contributed by atoms with Gasteiger partial charge >= 0.3 is 12.1 Å². The van der Waals surface area contributed by atoms with Crippen LogP contribution < -0.4 is 11.1 Å². The summed E-state index contributed by atoms with van der Waals surface area (Å²) in [4.78, 5) is 23.4. The van der Waals surface area contributed by atoms with Crippen LogP contribution in [0.4, 0.5) is 4.79 Å². The van der Waals surface area contributed by atoms with E-state index in [9.17, 15) is 14.7 Å². The van der Waals surface area contributed by atoms with Gasteiger partial charge in [0.15, 0.2) is 0 Å². The first-order valence-corrected chi connectivity index (χ1v) is 11.1. The van der Waals surface area contributed by atoms with Crippen molar-refractivity contribution >= 4 is 20.1 Å². The van der Waals surface area contributed by atoms with Crippen LogP contribution in [0, 0.1) is 0 Å². The number of nitrogens with two attached hydrogens (primary N) is 1. The van der Waals surface area contributed by atoms with Gasteiger partial charge < -0.3 is 20.9 Å². The summed E-state index contributed by atoms with van der Waals surface area (Å²) in [5.41, 5.74) is 5.22. The highest BCUT2D eigenvalue weighted by molar-refractivity contribution is 6.78. The van der Waals surface area contributed by atoms with Crippen LogP contribution in [-0.4, -0.2) is 37.3 Å². The summed E-state index contributed by atoms with van der Waals surface area (Å²) in [5.74, 6) is -1.12. The fourth-order valence-corrected chi connectivity index (χ4v) is 3.95. The minimum absolute atomic E-state index is 0.126. The number of ether oxygens (including phenoxy) is 1. The number of benzene rings is 1. The maximum absolute atomic E-state index is 11.8. The van der Waals surface area contributed by atoms with Crippen molar-refractivity contribution in [3.63, 3.8) is 0 Å². The fourth-order valence-electron chi connectivity index (χ4n) is 2.18. The number of nitrogens with one attached hydrogen (secondary N) is 1. The Bertz CT molecular complexity index is 545. The molecule has 0 aliphatic heterocycles. The lowest BCUT2D eigenvalue weighted by molar-refractivity contribution is -0.143. The topological polar surface area (TPSA) is 102 Å². The van der Waals surface area contributed by atoms with E-state index >= 15 is 0 Å². The minimum atomic E-state index is -1.80. The number of alkyl carbamates (subject to hydrolysis) is 1. The van der Waals surface area contributed by atoms with Crippen molar-refractivity contribution in [1.29, 1.82) is 0 Å². The van der Waals surface area contributed by atoms with Gasteiger partial charge in [0.05, 0.1) is 0 Å². The standard InChI is InChI=1S/C16H26N2O4Si/c1-12(23(2,3)4)16(17,14(19)20)11-18-15(21)22-10-13-8-6-5-7-9-13/h5-9,12H,10-11,17H2,1-4H3,(H,18,21)(H,19,20)/t12?,16-/m0/s1. The number of carbonyl (C=O) groups is 2. The Hall–Kier alpha value is -1.86. The Morgan fingerprint density at radius 1 is 1.30 bits per heavy atom. The average molecular weight is 338 g/mol. The van der Waals surface area contributed by atoms with Crippen molar-refractivity contribution in [3.8, 4) is 0 Å². The van der Waals surface area contributed by atoms with Crippen molar-refractivity contribution < 1.29 is 19.4 Å². The van der Waals surface area contributed by atoms with Crippen molar-refractivity contribution in [2.75, 3.05) is 6.54 Å². The van der Waals surface area contributed by atoms with Gasteiger partial charge in [-0.1, -0.05) is 56.9 Å². The molecule has 0 aromatic heterocycles. The second-order valence-corrected chi connectivity index (χ2v) is 12.4. The molecule has 7 heteroatoms. The zero-order chi connectivity index (χ0) is 17.7. The monoisotopic (exact) mass is 338 g/mol. The lowest BCUT2D eigenvalue weighted by atomic mass is 9.97. The van der Waals surface area contributed by atoms with E-state index in [4.69, 9.17) is 10.5 Å². The number of hydrogen-bond donors (Lipinski definition) is 3. The van der Waals surface area contributed by atoms with Gasteiger partial charge in [0.1, 0.15) is 12.1 Å². The summed E-state index contributed by atoms with van der Waals surface area (Å²) in [6, 6.07) is 9.25. The van der Waals surface area contributed by atoms with Crippen LogP contribution in [0.3, 0.4) is 0 Å². The predicted molar refractivity (Wildman–Crippen MR) is 92.0 cm³/mol. The molecule has 1 amide bonds. The maximum Gasteiger partial charge on any atom is 0.407 e. The van der Waals surface area contributed by atoms with Crippen LogP contribution >= 0.6 is 0 Å². The number of carbonyl (C=O) groups excluding carboxylic acids is 1. The summed E-state index contributed by atoms with van der Waals surface area (Å²) in [6.07, 6.45) is -0.673. The summed E-state index contributed by atoms with van der Waals surface area (Å²) in [5, 5.41) is 12.0. The van der Waals surface area contributed by atoms with Gasteiger partial charge in [-0.05, 0) is 11.1 Å². The molecule has 0 saturated heterocycles. The molecule has 0 heterocycles. The number of carboxylic acid groups (broad SMARTS) is 1. The summed E-state index contributed by atoms with van der Waals surface area (Å²) >= 11 is 0. The van der Waals surface area contributed by atoms with Crippen molar-refractivity contribution in [1.82, 2.24) is 5.32 Å². The smallest absolute Gasteiger partial charge is 0.407 e. The second kappa shape index (κ2) is 7.61. The van der Waals surface area contributed by atoms with Crippen LogP contribution in [-0.2, 0) is 16.1 Å². The molecule has 4 N–H and O–H groups in total. The molecule has 0 aliphatic carbocycles. The van der Waals surface area contributed by atoms with E-state index in [1.807, 2.05) is 37.3 Å². The lowest BCUT2D eigenvalue weighted by Gasteiger charge is -2.38. The number of carboxylic acids is 1. The molecule has 0 radical (unpaired) electrons. The third-order valence-corrected chi connectivity index (χ3v) is 7.32. The highest BCUT2D eigenvalue weighted by atomic mass is 28.3. The minimum Gasteiger partial charge on any atom is -0.480 e. The highest BCUT2D eigenvalue weighted by Gasteiger charge is 2.46. The number of amides is 1. The van der Waals surface area contributed by atoms with Gasteiger partial charge in [0, 0.05) is 14.6 Å². The molecule has 23 heavy (non-hydrogen) atoms. The summed E-state index contributed by atoms with van der Waals surface area (Å²) in [7, 11) is -1.80. The van der Waals surface area contributed by atoms with Gasteiger partial charge in [-0.15, -0.1) is 0 Å². The number of rotatable bonds is 7. The molecule has 1 rings (SSSR count). The Morgan fingerprint density at radius 3 is 2.35 bits per heavy atom. The van der Waals surface area contributed by atoms with E-state index in [1.165, 1.54) is 0 Å². The quantitative estimate of drug-likeness (QED) is 0.663. The first kappa shape index (κ1) is 19.2. The molecule has 128 valence electrons. The van der Waals surface area contributed by atoms with Crippen molar-refractivity contribution in [2.45, 2.75) is 44.3 Å². The lowest BCUT2D eigenvalue weighted by Crippen LogP contribution is -2.62. The third kappa shape index (κ3) is 5.37. The van der Waals surface area contributed by atoms with Crippen LogP contribution in [0.5, 0.6) is 0 Å². The molecule has 0 aliphatic rings. The number of aliphatic carboxylic acids is 1. The first-order chi connectivity index (χ1) is 10.6. The largest absolute Gasteiger partial charge is 0.480 e. The molecular formula is C16H26N2O4Si. The predicted octanol–water partition coefficient (Wildman–Crippen LogP) is 2.42. The first-order valence-electron chi connectivity index (χ1n) is 7.54.